The number of methoxy groups -OCH3 is 4. The van der Waals surface area contributed by atoms with Gasteiger partial charge >= 0.3 is 0 Å². The second kappa shape index (κ2) is 10.2. The average Bonchev–Trinajstić information content (AvgIpc) is 2.69. The Kier molecular flexibility index (Phi) is 8.28. The Morgan fingerprint density at radius 3 is 1.81 bits per heavy atom. The summed E-state index contributed by atoms with van der Waals surface area (Å²) in [5.74, 6) is 1.10. The molecule has 0 aliphatic rings. The van der Waals surface area contributed by atoms with Gasteiger partial charge in [-0.2, -0.15) is 0 Å². The Bertz CT molecular complexity index is 735. The van der Waals surface area contributed by atoms with Crippen molar-refractivity contribution in [2.75, 3.05) is 34.2 Å². The van der Waals surface area contributed by atoms with Crippen molar-refractivity contribution in [3.8, 4) is 23.0 Å². The number of anilines is 1. The molecule has 0 saturated carbocycles. The van der Waals surface area contributed by atoms with Gasteiger partial charge in [0.05, 0.1) is 34.1 Å². The van der Waals surface area contributed by atoms with Crippen LogP contribution in [0.25, 0.3) is 12.2 Å². The normalized spacial score (nSPS) is 10.1. The Labute approximate surface area is 154 Å². The summed E-state index contributed by atoms with van der Waals surface area (Å²) in [5, 5.41) is 0. The van der Waals surface area contributed by atoms with Gasteiger partial charge in [0.2, 0.25) is 5.75 Å². The summed E-state index contributed by atoms with van der Waals surface area (Å²) in [6.07, 6.45) is 3.49. The van der Waals surface area contributed by atoms with Crippen molar-refractivity contribution >= 4 is 17.8 Å². The summed E-state index contributed by atoms with van der Waals surface area (Å²) in [6, 6.07) is 6.79. The van der Waals surface area contributed by atoms with E-state index in [0.29, 0.717) is 22.8 Å². The Balaban J connectivity index is 0.00000163. The van der Waals surface area contributed by atoms with Crippen LogP contribution in [0.1, 0.15) is 25.0 Å². The summed E-state index contributed by atoms with van der Waals surface area (Å²) in [7, 11) is 6.02. The molecule has 0 radical (unpaired) electrons. The number of nitrogen functional groups attached to an aromatic ring is 1. The van der Waals surface area contributed by atoms with Gasteiger partial charge in [-0.25, -0.2) is 4.39 Å². The van der Waals surface area contributed by atoms with Crippen molar-refractivity contribution in [2.45, 2.75) is 13.8 Å². The summed E-state index contributed by atoms with van der Waals surface area (Å²) < 4.78 is 34.8. The fourth-order valence-electron chi connectivity index (χ4n) is 2.27. The lowest BCUT2D eigenvalue weighted by molar-refractivity contribution is 0.324. The molecule has 142 valence electrons. The van der Waals surface area contributed by atoms with Crippen LogP contribution in [0, 0.1) is 5.82 Å². The molecule has 5 nitrogen and oxygen atoms in total. The van der Waals surface area contributed by atoms with E-state index in [1.54, 1.807) is 44.6 Å². The summed E-state index contributed by atoms with van der Waals surface area (Å²) >= 11 is 0. The molecule has 0 aliphatic carbocycles. The smallest absolute Gasteiger partial charge is 0.203 e. The van der Waals surface area contributed by atoms with E-state index in [1.165, 1.54) is 20.3 Å². The second-order valence-electron chi connectivity index (χ2n) is 4.88. The zero-order chi connectivity index (χ0) is 19.7. The first-order chi connectivity index (χ1) is 12.5. The average molecular weight is 363 g/mol. The molecular formula is C20H26FNO4. The highest BCUT2D eigenvalue weighted by molar-refractivity contribution is 5.78. The molecule has 0 amide bonds. The number of hydrogen-bond donors (Lipinski definition) is 1. The minimum Gasteiger partial charge on any atom is -0.494 e. The molecule has 2 N–H and O–H groups in total. The van der Waals surface area contributed by atoms with E-state index in [-0.39, 0.29) is 11.4 Å². The topological polar surface area (TPSA) is 62.9 Å². The molecule has 0 saturated heterocycles. The van der Waals surface area contributed by atoms with Gasteiger partial charge in [-0.1, -0.05) is 26.0 Å². The van der Waals surface area contributed by atoms with Crippen LogP contribution in [-0.2, 0) is 0 Å². The number of ether oxygens (including phenoxy) is 4. The van der Waals surface area contributed by atoms with Gasteiger partial charge < -0.3 is 24.7 Å². The van der Waals surface area contributed by atoms with Crippen LogP contribution in [0.3, 0.4) is 0 Å². The van der Waals surface area contributed by atoms with Crippen LogP contribution in [0.2, 0.25) is 0 Å². The maximum absolute atomic E-state index is 14.0. The molecule has 0 bridgehead atoms. The largest absolute Gasteiger partial charge is 0.494 e. The third-order valence-electron chi connectivity index (χ3n) is 3.54. The van der Waals surface area contributed by atoms with Crippen molar-refractivity contribution in [2.24, 2.45) is 0 Å². The number of rotatable bonds is 6. The van der Waals surface area contributed by atoms with E-state index in [9.17, 15) is 4.39 Å². The van der Waals surface area contributed by atoms with Crippen LogP contribution in [0.4, 0.5) is 10.1 Å². The zero-order valence-corrected chi connectivity index (χ0v) is 16.1. The maximum Gasteiger partial charge on any atom is 0.203 e. The number of hydrogen-bond acceptors (Lipinski definition) is 5. The van der Waals surface area contributed by atoms with Gasteiger partial charge in [0.15, 0.2) is 23.1 Å². The molecule has 0 fully saturated rings. The van der Waals surface area contributed by atoms with Gasteiger partial charge in [0.25, 0.3) is 0 Å². The van der Waals surface area contributed by atoms with Crippen LogP contribution in [0.5, 0.6) is 23.0 Å². The molecule has 2 aromatic rings. The lowest BCUT2D eigenvalue weighted by Crippen LogP contribution is -1.97. The second-order valence-corrected chi connectivity index (χ2v) is 4.88. The summed E-state index contributed by atoms with van der Waals surface area (Å²) in [6.45, 7) is 4.00. The quantitative estimate of drug-likeness (QED) is 0.598. The van der Waals surface area contributed by atoms with E-state index in [4.69, 9.17) is 24.7 Å². The molecule has 0 aromatic heterocycles. The van der Waals surface area contributed by atoms with Gasteiger partial charge in [0.1, 0.15) is 0 Å². The standard InChI is InChI=1S/C18H20FNO4.C2H6/c1-21-13-8-7-12(17(20)16(13)19)6-5-11-9-14(22-2)18(24-4)15(10-11)23-3;1-2/h5-10H,20H2,1-4H3;1-2H3/b6-5-;. The molecule has 0 unspecified atom stereocenters. The first kappa shape index (κ1) is 21.2. The number of nitrogens with two attached hydrogens (primary N) is 1. The van der Waals surface area contributed by atoms with Gasteiger partial charge in [-0.05, 0) is 29.8 Å². The van der Waals surface area contributed by atoms with E-state index in [2.05, 4.69) is 0 Å². The fourth-order valence-corrected chi connectivity index (χ4v) is 2.27. The molecule has 0 aliphatic heterocycles. The highest BCUT2D eigenvalue weighted by Crippen LogP contribution is 2.38. The third kappa shape index (κ3) is 4.59. The Morgan fingerprint density at radius 2 is 1.35 bits per heavy atom. The molecule has 0 spiro atoms. The monoisotopic (exact) mass is 363 g/mol. The Morgan fingerprint density at radius 1 is 0.808 bits per heavy atom. The van der Waals surface area contributed by atoms with E-state index >= 15 is 0 Å². The first-order valence-electron chi connectivity index (χ1n) is 8.15. The SMILES string of the molecule is CC.COc1ccc(/C=C\c2cc(OC)c(OC)c(OC)c2)c(N)c1F. The lowest BCUT2D eigenvalue weighted by Gasteiger charge is -2.13. The molecule has 0 atom stereocenters. The minimum absolute atomic E-state index is 0.0260. The highest BCUT2D eigenvalue weighted by atomic mass is 19.1. The van der Waals surface area contributed by atoms with Crippen LogP contribution in [-0.4, -0.2) is 28.4 Å². The van der Waals surface area contributed by atoms with E-state index < -0.39 is 5.82 Å². The van der Waals surface area contributed by atoms with Crippen LogP contribution in [0.15, 0.2) is 24.3 Å². The lowest BCUT2D eigenvalue weighted by atomic mass is 10.1. The molecule has 2 rings (SSSR count). The van der Waals surface area contributed by atoms with Gasteiger partial charge in [0, 0.05) is 5.56 Å². The van der Waals surface area contributed by atoms with E-state index in [0.717, 1.165) is 5.56 Å². The Hall–Kier alpha value is -2.89. The van der Waals surface area contributed by atoms with Crippen molar-refractivity contribution in [3.05, 3.63) is 41.2 Å². The zero-order valence-electron chi connectivity index (χ0n) is 16.1. The van der Waals surface area contributed by atoms with Crippen molar-refractivity contribution in [1.29, 1.82) is 0 Å². The maximum atomic E-state index is 14.0. The third-order valence-corrected chi connectivity index (χ3v) is 3.54. The molecule has 26 heavy (non-hydrogen) atoms. The predicted molar refractivity (Wildman–Crippen MR) is 104 cm³/mol. The molecule has 0 heterocycles. The van der Waals surface area contributed by atoms with Crippen LogP contribution < -0.4 is 24.7 Å². The molecule has 6 heteroatoms. The van der Waals surface area contributed by atoms with Crippen LogP contribution >= 0.6 is 0 Å². The van der Waals surface area contributed by atoms with E-state index in [1.807, 2.05) is 13.8 Å². The van der Waals surface area contributed by atoms with Crippen molar-refractivity contribution < 1.29 is 23.3 Å². The van der Waals surface area contributed by atoms with Crippen molar-refractivity contribution in [1.82, 2.24) is 0 Å². The highest BCUT2D eigenvalue weighted by Gasteiger charge is 2.13. The molecule has 2 aromatic carbocycles. The minimum atomic E-state index is -0.579. The van der Waals surface area contributed by atoms with Crippen molar-refractivity contribution in [3.63, 3.8) is 0 Å². The molecular weight excluding hydrogens is 337 g/mol. The van der Waals surface area contributed by atoms with Gasteiger partial charge in [-0.15, -0.1) is 0 Å². The predicted octanol–water partition coefficient (Wildman–Crippen LogP) is 4.64. The number of benzene rings is 2. The van der Waals surface area contributed by atoms with Gasteiger partial charge in [-0.3, -0.25) is 0 Å². The summed E-state index contributed by atoms with van der Waals surface area (Å²) in [5.41, 5.74) is 7.17. The summed E-state index contributed by atoms with van der Waals surface area (Å²) in [4.78, 5) is 0. The fraction of sp³-hybridized carbons (Fsp3) is 0.300. The number of halogens is 1. The first-order valence-corrected chi connectivity index (χ1v) is 8.15.